The second-order valence-electron chi connectivity index (χ2n) is 5.92. The highest BCUT2D eigenvalue weighted by atomic mass is 15.0. The molecule has 20 heavy (non-hydrogen) atoms. The predicted molar refractivity (Wildman–Crippen MR) is 82.4 cm³/mol. The van der Waals surface area contributed by atoms with Crippen LogP contribution in [-0.4, -0.2) is 12.6 Å². The van der Waals surface area contributed by atoms with Crippen molar-refractivity contribution in [3.8, 4) is 0 Å². The molecule has 1 saturated carbocycles. The van der Waals surface area contributed by atoms with E-state index in [1.807, 2.05) is 24.3 Å². The molecule has 2 aromatic rings. The second-order valence-corrected chi connectivity index (χ2v) is 5.92. The summed E-state index contributed by atoms with van der Waals surface area (Å²) in [5, 5.41) is 6.92. The first kappa shape index (κ1) is 9.06. The van der Waals surface area contributed by atoms with E-state index in [4.69, 9.17) is 2.74 Å². The maximum Gasteiger partial charge on any atom is 0.0378 e. The molecule has 2 bridgehead atoms. The van der Waals surface area contributed by atoms with Crippen LogP contribution in [0.5, 0.6) is 0 Å². The van der Waals surface area contributed by atoms with Gasteiger partial charge < -0.3 is 10.6 Å². The summed E-state index contributed by atoms with van der Waals surface area (Å²) in [6.45, 7) is 0.603. The summed E-state index contributed by atoms with van der Waals surface area (Å²) in [5.41, 5.74) is 4.65. The van der Waals surface area contributed by atoms with Gasteiger partial charge in [-0.25, -0.2) is 0 Å². The van der Waals surface area contributed by atoms with Crippen LogP contribution in [0.25, 0.3) is 0 Å². The Bertz CT molecular complexity index is 762. The lowest BCUT2D eigenvalue weighted by atomic mass is 9.77. The highest BCUT2D eigenvalue weighted by molar-refractivity contribution is 5.63. The summed E-state index contributed by atoms with van der Waals surface area (Å²) < 4.78 is 17.9. The molecular weight excluding hydrogens is 244 g/mol. The third kappa shape index (κ3) is 1.29. The molecule has 2 nitrogen and oxygen atoms in total. The molecule has 5 atom stereocenters. The van der Waals surface area contributed by atoms with Crippen molar-refractivity contribution in [3.63, 3.8) is 0 Å². The first-order chi connectivity index (χ1) is 10.7. The molecule has 0 amide bonds. The average Bonchev–Trinajstić information content (AvgIpc) is 2.70. The molecule has 2 aliphatic heterocycles. The van der Waals surface area contributed by atoms with Crippen molar-refractivity contribution in [2.24, 2.45) is 5.89 Å². The Labute approximate surface area is 122 Å². The summed E-state index contributed by atoms with van der Waals surface area (Å²) in [7, 11) is 0. The van der Waals surface area contributed by atoms with Crippen LogP contribution in [0.3, 0.4) is 0 Å². The number of hydrogen-bond acceptors (Lipinski definition) is 2. The van der Waals surface area contributed by atoms with Crippen molar-refractivity contribution in [1.29, 1.82) is 0 Å². The van der Waals surface area contributed by atoms with Gasteiger partial charge in [0.25, 0.3) is 0 Å². The van der Waals surface area contributed by atoms with E-state index in [1.165, 1.54) is 11.1 Å². The SMILES string of the molecule is [2H]C1[C@H]2c3ccccc3N[C@@H]1[C@]1([2H])CNc3ccccc3[C@H]21. The molecule has 2 aromatic carbocycles. The van der Waals surface area contributed by atoms with E-state index in [1.54, 1.807) is 0 Å². The topological polar surface area (TPSA) is 24.1 Å². The lowest BCUT2D eigenvalue weighted by Crippen LogP contribution is -2.34. The molecule has 1 aliphatic carbocycles. The van der Waals surface area contributed by atoms with E-state index in [-0.39, 0.29) is 24.3 Å². The average molecular weight is 264 g/mol. The Hall–Kier alpha value is -1.96. The first-order valence-electron chi connectivity index (χ1n) is 8.38. The van der Waals surface area contributed by atoms with Gasteiger partial charge in [-0.15, -0.1) is 0 Å². The number of nitrogens with one attached hydrogen (secondary N) is 2. The van der Waals surface area contributed by atoms with Gasteiger partial charge >= 0.3 is 0 Å². The van der Waals surface area contributed by atoms with Gasteiger partial charge in [-0.3, -0.25) is 0 Å². The van der Waals surface area contributed by atoms with Gasteiger partial charge in [0.1, 0.15) is 0 Å². The fraction of sp³-hybridized carbons (Fsp3) is 0.333. The van der Waals surface area contributed by atoms with Gasteiger partial charge in [0.2, 0.25) is 0 Å². The van der Waals surface area contributed by atoms with Crippen molar-refractivity contribution < 1.29 is 2.74 Å². The zero-order valence-corrected chi connectivity index (χ0v) is 11.1. The Morgan fingerprint density at radius 1 is 1.00 bits per heavy atom. The number of hydrogen-bond donors (Lipinski definition) is 2. The van der Waals surface area contributed by atoms with Crippen molar-refractivity contribution in [3.05, 3.63) is 59.7 Å². The normalized spacial score (nSPS) is 41.2. The molecule has 2 heterocycles. The van der Waals surface area contributed by atoms with Crippen molar-refractivity contribution in [1.82, 2.24) is 0 Å². The fourth-order valence-electron chi connectivity index (χ4n) is 4.12. The van der Waals surface area contributed by atoms with Gasteiger partial charge in [-0.1, -0.05) is 36.4 Å². The minimum atomic E-state index is -0.676. The molecule has 1 unspecified atom stereocenters. The van der Waals surface area contributed by atoms with E-state index in [9.17, 15) is 0 Å². The van der Waals surface area contributed by atoms with Crippen LogP contribution in [-0.2, 0) is 0 Å². The van der Waals surface area contributed by atoms with Gasteiger partial charge in [-0.2, -0.15) is 0 Å². The highest BCUT2D eigenvalue weighted by Crippen LogP contribution is 2.57. The second kappa shape index (κ2) is 3.78. The molecule has 1 fully saturated rings. The number of rotatable bonds is 0. The maximum absolute atomic E-state index is 9.16. The summed E-state index contributed by atoms with van der Waals surface area (Å²) in [6, 6.07) is 16.5. The molecular formula is C18H18N2. The zero-order valence-electron chi connectivity index (χ0n) is 13.1. The fourth-order valence-corrected chi connectivity index (χ4v) is 4.12. The Kier molecular flexibility index (Phi) is 1.71. The third-order valence-corrected chi connectivity index (χ3v) is 4.97. The minimum Gasteiger partial charge on any atom is -0.384 e. The predicted octanol–water partition coefficient (Wildman–Crippen LogP) is 3.79. The van der Waals surface area contributed by atoms with E-state index in [0.29, 0.717) is 6.54 Å². The van der Waals surface area contributed by atoms with E-state index >= 15 is 0 Å². The highest BCUT2D eigenvalue weighted by Gasteiger charge is 2.49. The number of para-hydroxylation sites is 2. The maximum atomic E-state index is 9.16. The molecule has 2 heteroatoms. The van der Waals surface area contributed by atoms with Crippen LogP contribution in [0.2, 0.25) is 0 Å². The molecule has 3 aliphatic rings. The van der Waals surface area contributed by atoms with Crippen molar-refractivity contribution in [2.75, 3.05) is 17.2 Å². The smallest absolute Gasteiger partial charge is 0.0378 e. The molecule has 0 saturated heterocycles. The Morgan fingerprint density at radius 3 is 2.65 bits per heavy atom. The van der Waals surface area contributed by atoms with E-state index < -0.39 is 5.89 Å². The van der Waals surface area contributed by atoms with Crippen molar-refractivity contribution >= 4 is 11.4 Å². The number of fused-ring (bicyclic) bond motifs is 9. The van der Waals surface area contributed by atoms with Gasteiger partial charge in [-0.05, 0) is 41.5 Å². The monoisotopic (exact) mass is 264 g/mol. The third-order valence-electron chi connectivity index (χ3n) is 4.97. The Balaban J connectivity index is 1.77. The first-order valence-corrected chi connectivity index (χ1v) is 7.31. The molecule has 0 spiro atoms. The van der Waals surface area contributed by atoms with Crippen LogP contribution in [0.15, 0.2) is 48.5 Å². The number of anilines is 2. The van der Waals surface area contributed by atoms with E-state index in [0.717, 1.165) is 11.4 Å². The lowest BCUT2D eigenvalue weighted by Gasteiger charge is -2.32. The van der Waals surface area contributed by atoms with Crippen LogP contribution in [0.1, 0.15) is 32.1 Å². The van der Waals surface area contributed by atoms with Gasteiger partial charge in [0.05, 0.1) is 0 Å². The molecule has 0 radical (unpaired) electrons. The van der Waals surface area contributed by atoms with Crippen LogP contribution >= 0.6 is 0 Å². The zero-order chi connectivity index (χ0) is 14.9. The van der Waals surface area contributed by atoms with Gasteiger partial charge in [0, 0.05) is 32.6 Å². The van der Waals surface area contributed by atoms with Crippen molar-refractivity contribution in [2.45, 2.75) is 24.3 Å². The molecule has 0 aromatic heterocycles. The summed E-state index contributed by atoms with van der Waals surface area (Å²) in [4.78, 5) is 0. The summed E-state index contributed by atoms with van der Waals surface area (Å²) >= 11 is 0. The van der Waals surface area contributed by atoms with Crippen LogP contribution < -0.4 is 10.6 Å². The quantitative estimate of drug-likeness (QED) is 0.756. The largest absolute Gasteiger partial charge is 0.384 e. The molecule has 5 rings (SSSR count). The van der Waals surface area contributed by atoms with E-state index in [2.05, 4.69) is 34.9 Å². The number of benzene rings is 2. The Morgan fingerprint density at radius 2 is 1.75 bits per heavy atom. The van der Waals surface area contributed by atoms with Crippen LogP contribution in [0.4, 0.5) is 11.4 Å². The lowest BCUT2D eigenvalue weighted by molar-refractivity contribution is 0.459. The summed E-state index contributed by atoms with van der Waals surface area (Å²) in [5.74, 6) is -0.499. The standard InChI is InChI=1S/C18H18N2/c1-4-8-16-11(5-1)13-9-17(20-16)14-10-19-15-7-3-2-6-12(15)18(13)14/h1-8,13-14,17-20H,9-10H2/t13-,14-,17-,18+/m0/s1/i9D,14D/t9?,13-,14-,17-,18+. The minimum absolute atomic E-state index is 0.0774. The summed E-state index contributed by atoms with van der Waals surface area (Å²) in [6.07, 6.45) is -0.273. The van der Waals surface area contributed by atoms with Gasteiger partial charge in [0.15, 0.2) is 0 Å². The molecule has 2 N–H and O–H groups in total. The van der Waals surface area contributed by atoms with Crippen LogP contribution in [0, 0.1) is 5.89 Å². The molecule has 100 valence electrons.